The molecule has 0 radical (unpaired) electrons. The number of imidazole rings is 1. The smallest absolute Gasteiger partial charge is 0.332 e. The Hall–Kier alpha value is -3.66. The molecule has 10 heteroatoms. The molecule has 1 saturated heterocycles. The molecule has 1 fully saturated rings. The van der Waals surface area contributed by atoms with Crippen molar-refractivity contribution in [1.82, 2.24) is 18.7 Å². The number of nitrogens with zero attached hydrogens (tertiary/aromatic N) is 5. The fourth-order valence-corrected chi connectivity index (χ4v) is 4.26. The number of phenols is 1. The number of allylic oxidation sites excluding steroid dienone is 2. The summed E-state index contributed by atoms with van der Waals surface area (Å²) in [4.78, 5) is 46.2. The second-order valence-electron chi connectivity index (χ2n) is 9.03. The molecular formula is C24H30N6O4. The highest BCUT2D eigenvalue weighted by Gasteiger charge is 2.26. The zero-order valence-corrected chi connectivity index (χ0v) is 19.7. The van der Waals surface area contributed by atoms with E-state index in [1.54, 1.807) is 7.05 Å². The molecule has 1 atom stereocenters. The number of aromatic nitrogens is 4. The molecule has 1 aliphatic rings. The Labute approximate surface area is 196 Å². The maximum Gasteiger partial charge on any atom is 0.332 e. The van der Waals surface area contributed by atoms with E-state index in [9.17, 15) is 19.5 Å². The van der Waals surface area contributed by atoms with Crippen molar-refractivity contribution in [2.45, 2.75) is 45.8 Å². The first-order valence-electron chi connectivity index (χ1n) is 11.3. The van der Waals surface area contributed by atoms with Crippen LogP contribution in [0.5, 0.6) is 5.75 Å². The lowest BCUT2D eigenvalue weighted by Crippen LogP contribution is -2.44. The molecule has 1 aromatic carbocycles. The molecule has 34 heavy (non-hydrogen) atoms. The Kier molecular flexibility index (Phi) is 6.43. The number of carbonyl (C=O) groups is 1. The molecule has 0 saturated carbocycles. The van der Waals surface area contributed by atoms with Crippen LogP contribution in [-0.4, -0.2) is 48.7 Å². The third kappa shape index (κ3) is 4.41. The predicted octanol–water partition coefficient (Wildman–Crippen LogP) is 1.38. The molecule has 3 heterocycles. The van der Waals surface area contributed by atoms with E-state index in [1.807, 2.05) is 24.5 Å². The predicted molar refractivity (Wildman–Crippen MR) is 131 cm³/mol. The van der Waals surface area contributed by atoms with Crippen LogP contribution >= 0.6 is 0 Å². The number of phenolic OH excluding ortho intramolecular Hbond substituents is 1. The van der Waals surface area contributed by atoms with Gasteiger partial charge in [-0.2, -0.15) is 4.98 Å². The van der Waals surface area contributed by atoms with Crippen molar-refractivity contribution < 1.29 is 9.90 Å². The van der Waals surface area contributed by atoms with E-state index in [2.05, 4.69) is 4.90 Å². The van der Waals surface area contributed by atoms with Crippen LogP contribution in [0.15, 0.2) is 45.5 Å². The average molecular weight is 467 g/mol. The number of anilines is 1. The van der Waals surface area contributed by atoms with Crippen molar-refractivity contribution in [2.24, 2.45) is 12.8 Å². The van der Waals surface area contributed by atoms with Gasteiger partial charge in [0.2, 0.25) is 5.95 Å². The van der Waals surface area contributed by atoms with Crippen molar-refractivity contribution in [3.05, 3.63) is 62.3 Å². The highest BCUT2D eigenvalue weighted by Crippen LogP contribution is 2.23. The highest BCUT2D eigenvalue weighted by molar-refractivity contribution is 5.96. The van der Waals surface area contributed by atoms with E-state index < -0.39 is 23.6 Å². The standard InChI is InChI=1S/C24H30N6O4/c1-15(2)10-12-29-20-21(26-23(29)28-11-4-5-17(25)13-28)27(3)24(34)30(22(20)33)14-19(32)16-6-8-18(31)9-7-16/h6-10,17,31H,4-5,11-14,25H2,1-3H3. The summed E-state index contributed by atoms with van der Waals surface area (Å²) in [6, 6.07) is 5.71. The van der Waals surface area contributed by atoms with E-state index in [1.165, 1.54) is 28.8 Å². The van der Waals surface area contributed by atoms with Gasteiger partial charge in [-0.25, -0.2) is 4.79 Å². The van der Waals surface area contributed by atoms with Gasteiger partial charge in [-0.15, -0.1) is 0 Å². The number of hydrogen-bond acceptors (Lipinski definition) is 7. The number of Topliss-reactive ketones (excluding diaryl/α,β-unsaturated/α-hetero) is 1. The number of nitrogens with two attached hydrogens (primary N) is 1. The quantitative estimate of drug-likeness (QED) is 0.415. The van der Waals surface area contributed by atoms with Crippen molar-refractivity contribution in [1.29, 1.82) is 0 Å². The van der Waals surface area contributed by atoms with Gasteiger partial charge in [0.25, 0.3) is 5.56 Å². The number of benzene rings is 1. The lowest BCUT2D eigenvalue weighted by atomic mass is 10.1. The summed E-state index contributed by atoms with van der Waals surface area (Å²) in [6.45, 7) is 5.30. The monoisotopic (exact) mass is 466 g/mol. The number of carbonyl (C=O) groups excluding carboxylic acids is 1. The summed E-state index contributed by atoms with van der Waals surface area (Å²) in [5.41, 5.74) is 6.94. The SMILES string of the molecule is CC(C)=CCn1c(N2CCCC(N)C2)nc2c1c(=O)n(CC(=O)c1ccc(O)cc1)c(=O)n2C. The van der Waals surface area contributed by atoms with Gasteiger partial charge < -0.3 is 20.3 Å². The van der Waals surface area contributed by atoms with Crippen molar-refractivity contribution >= 4 is 22.9 Å². The minimum atomic E-state index is -0.613. The molecule has 0 aliphatic carbocycles. The van der Waals surface area contributed by atoms with Crippen LogP contribution < -0.4 is 21.9 Å². The summed E-state index contributed by atoms with van der Waals surface area (Å²) >= 11 is 0. The number of ketones is 1. The van der Waals surface area contributed by atoms with E-state index in [4.69, 9.17) is 10.7 Å². The second kappa shape index (κ2) is 9.30. The summed E-state index contributed by atoms with van der Waals surface area (Å²) in [7, 11) is 1.55. The molecule has 0 bridgehead atoms. The van der Waals surface area contributed by atoms with Gasteiger partial charge in [-0.05, 0) is 51.0 Å². The van der Waals surface area contributed by atoms with Gasteiger partial charge in [0, 0.05) is 38.3 Å². The molecule has 3 aromatic rings. The molecule has 2 aromatic heterocycles. The van der Waals surface area contributed by atoms with Crippen LogP contribution in [-0.2, 0) is 20.1 Å². The Morgan fingerprint density at radius 1 is 1.21 bits per heavy atom. The van der Waals surface area contributed by atoms with Gasteiger partial charge in [-0.3, -0.25) is 18.7 Å². The van der Waals surface area contributed by atoms with E-state index in [-0.39, 0.29) is 23.0 Å². The first kappa shape index (κ1) is 23.5. The number of hydrogen-bond donors (Lipinski definition) is 2. The summed E-state index contributed by atoms with van der Waals surface area (Å²) in [5, 5.41) is 9.47. The topological polar surface area (TPSA) is 128 Å². The molecule has 0 spiro atoms. The first-order chi connectivity index (χ1) is 16.2. The van der Waals surface area contributed by atoms with Gasteiger partial charge >= 0.3 is 5.69 Å². The van der Waals surface area contributed by atoms with Gasteiger partial charge in [-0.1, -0.05) is 11.6 Å². The first-order valence-corrected chi connectivity index (χ1v) is 11.3. The van der Waals surface area contributed by atoms with Crippen LogP contribution in [0, 0.1) is 0 Å². The van der Waals surface area contributed by atoms with E-state index in [0.29, 0.717) is 24.6 Å². The van der Waals surface area contributed by atoms with Gasteiger partial charge in [0.15, 0.2) is 16.9 Å². The second-order valence-corrected chi connectivity index (χ2v) is 9.03. The minimum absolute atomic E-state index is 0.00822. The summed E-state index contributed by atoms with van der Waals surface area (Å²) in [6.07, 6.45) is 3.83. The van der Waals surface area contributed by atoms with Crippen LogP contribution in [0.3, 0.4) is 0 Å². The van der Waals surface area contributed by atoms with E-state index in [0.717, 1.165) is 29.5 Å². The number of fused-ring (bicyclic) bond motifs is 1. The minimum Gasteiger partial charge on any atom is -0.508 e. The molecule has 180 valence electrons. The number of aryl methyl sites for hydroxylation is 1. The Bertz CT molecular complexity index is 1380. The lowest BCUT2D eigenvalue weighted by molar-refractivity contribution is 0.0969. The van der Waals surface area contributed by atoms with E-state index >= 15 is 0 Å². The van der Waals surface area contributed by atoms with Crippen LogP contribution in [0.4, 0.5) is 5.95 Å². The largest absolute Gasteiger partial charge is 0.508 e. The molecular weight excluding hydrogens is 436 g/mol. The number of piperidine rings is 1. The molecule has 4 rings (SSSR count). The van der Waals surface area contributed by atoms with Crippen LogP contribution in [0.25, 0.3) is 11.2 Å². The fourth-order valence-electron chi connectivity index (χ4n) is 4.26. The summed E-state index contributed by atoms with van der Waals surface area (Å²) < 4.78 is 4.07. The van der Waals surface area contributed by atoms with Crippen molar-refractivity contribution in [2.75, 3.05) is 18.0 Å². The molecule has 10 nitrogen and oxygen atoms in total. The molecule has 1 aliphatic heterocycles. The maximum absolute atomic E-state index is 13.6. The lowest BCUT2D eigenvalue weighted by Gasteiger charge is -2.31. The Morgan fingerprint density at radius 2 is 1.91 bits per heavy atom. The van der Waals surface area contributed by atoms with Crippen molar-refractivity contribution in [3.63, 3.8) is 0 Å². The average Bonchev–Trinajstić information content (AvgIpc) is 3.19. The van der Waals surface area contributed by atoms with Gasteiger partial charge in [0.05, 0.1) is 6.54 Å². The Morgan fingerprint density at radius 3 is 2.56 bits per heavy atom. The third-order valence-corrected chi connectivity index (χ3v) is 6.13. The third-order valence-electron chi connectivity index (χ3n) is 6.13. The summed E-state index contributed by atoms with van der Waals surface area (Å²) in [5.74, 6) is 0.215. The number of rotatable bonds is 6. The Balaban J connectivity index is 1.87. The molecule has 3 N–H and O–H groups in total. The molecule has 0 amide bonds. The highest BCUT2D eigenvalue weighted by atomic mass is 16.3. The van der Waals surface area contributed by atoms with Gasteiger partial charge in [0.1, 0.15) is 5.75 Å². The maximum atomic E-state index is 13.6. The zero-order valence-electron chi connectivity index (χ0n) is 19.7. The van der Waals surface area contributed by atoms with Crippen molar-refractivity contribution in [3.8, 4) is 5.75 Å². The fraction of sp³-hybridized carbons (Fsp3) is 0.417. The normalized spacial score (nSPS) is 16.1. The zero-order chi connectivity index (χ0) is 24.6. The van der Waals surface area contributed by atoms with Crippen LogP contribution in [0.1, 0.15) is 37.0 Å². The number of aromatic hydroxyl groups is 1. The molecule has 1 unspecified atom stereocenters. The van der Waals surface area contributed by atoms with Crippen LogP contribution in [0.2, 0.25) is 0 Å².